The molecule has 8 rings (SSSR count). The summed E-state index contributed by atoms with van der Waals surface area (Å²) in [5.41, 5.74) is 15.1. The van der Waals surface area contributed by atoms with E-state index in [-0.39, 0.29) is 22.0 Å². The standard InChI is InChI=1S/C52H50N2O2/c1-50(2,3)37-20-18-33(19-21-37)40-24-25-53-47-42(30-39(31-43(40)47)52(7,8)9)35-17-13-16-34(26-35)41-27-36(32-14-11-10-12-15-32)28-46-48(41)54-49(56-46)44-29-38(51(4,5)6)22-23-45(44)55/h10-31,55H,1-9H3. The number of benzene rings is 6. The highest BCUT2D eigenvalue weighted by Crippen LogP contribution is 2.42. The van der Waals surface area contributed by atoms with Gasteiger partial charge in [-0.3, -0.25) is 4.98 Å². The average Bonchev–Trinajstić information content (AvgIpc) is 3.60. The fourth-order valence-corrected chi connectivity index (χ4v) is 7.50. The second-order valence-corrected chi connectivity index (χ2v) is 18.2. The molecule has 0 unspecified atom stereocenters. The molecule has 0 atom stereocenters. The van der Waals surface area contributed by atoms with Gasteiger partial charge in [0.05, 0.1) is 11.1 Å². The molecule has 0 fully saturated rings. The summed E-state index contributed by atoms with van der Waals surface area (Å²) in [7, 11) is 0. The smallest absolute Gasteiger partial charge is 0.231 e. The molecule has 0 aliphatic rings. The van der Waals surface area contributed by atoms with Crippen molar-refractivity contribution < 1.29 is 9.52 Å². The first-order chi connectivity index (χ1) is 26.5. The summed E-state index contributed by atoms with van der Waals surface area (Å²) in [4.78, 5) is 10.2. The Morgan fingerprint density at radius 1 is 0.446 bits per heavy atom. The van der Waals surface area contributed by atoms with Crippen LogP contribution in [0.4, 0.5) is 0 Å². The molecule has 56 heavy (non-hydrogen) atoms. The van der Waals surface area contributed by atoms with Crippen molar-refractivity contribution in [2.24, 2.45) is 0 Å². The quantitative estimate of drug-likeness (QED) is 0.191. The van der Waals surface area contributed by atoms with Crippen molar-refractivity contribution >= 4 is 22.0 Å². The SMILES string of the molecule is CC(C)(C)c1ccc(-c2ccnc3c(-c4cccc(-c5cc(-c6ccccc6)cc6oc(-c7cc(C(C)(C)C)ccc7O)nc56)c4)cc(C(C)(C)C)cc23)cc1. The minimum Gasteiger partial charge on any atom is -0.507 e. The molecule has 0 amide bonds. The number of fused-ring (bicyclic) bond motifs is 2. The summed E-state index contributed by atoms with van der Waals surface area (Å²) in [6, 6.07) is 44.8. The van der Waals surface area contributed by atoms with Crippen LogP contribution in [0.2, 0.25) is 0 Å². The molecule has 2 heterocycles. The fraction of sp³-hybridized carbons (Fsp3) is 0.231. The van der Waals surface area contributed by atoms with Gasteiger partial charge in [0, 0.05) is 22.7 Å². The molecule has 280 valence electrons. The maximum absolute atomic E-state index is 11.1. The number of nitrogens with zero attached hydrogens (tertiary/aromatic N) is 2. The minimum atomic E-state index is -0.110. The number of rotatable bonds is 5. The van der Waals surface area contributed by atoms with E-state index >= 15 is 0 Å². The fourth-order valence-electron chi connectivity index (χ4n) is 7.50. The average molecular weight is 735 g/mol. The van der Waals surface area contributed by atoms with Crippen LogP contribution >= 0.6 is 0 Å². The van der Waals surface area contributed by atoms with Crippen molar-refractivity contribution in [3.8, 4) is 61.7 Å². The van der Waals surface area contributed by atoms with Crippen LogP contribution in [-0.4, -0.2) is 15.1 Å². The molecule has 1 N–H and O–H groups in total. The highest BCUT2D eigenvalue weighted by atomic mass is 16.3. The van der Waals surface area contributed by atoms with Gasteiger partial charge in [0.15, 0.2) is 5.58 Å². The van der Waals surface area contributed by atoms with Gasteiger partial charge in [-0.15, -0.1) is 0 Å². The molecule has 0 radical (unpaired) electrons. The van der Waals surface area contributed by atoms with Crippen LogP contribution in [0.15, 0.2) is 138 Å². The highest BCUT2D eigenvalue weighted by molar-refractivity contribution is 6.04. The van der Waals surface area contributed by atoms with Gasteiger partial charge in [0.25, 0.3) is 0 Å². The summed E-state index contributed by atoms with van der Waals surface area (Å²) in [6.07, 6.45) is 1.94. The first-order valence-electron chi connectivity index (χ1n) is 19.5. The van der Waals surface area contributed by atoms with Crippen LogP contribution in [0.25, 0.3) is 78.0 Å². The summed E-state index contributed by atoms with van der Waals surface area (Å²) >= 11 is 0. The largest absolute Gasteiger partial charge is 0.507 e. The third-order valence-corrected chi connectivity index (χ3v) is 11.0. The van der Waals surface area contributed by atoms with E-state index in [9.17, 15) is 5.11 Å². The van der Waals surface area contributed by atoms with E-state index in [0.717, 1.165) is 55.4 Å². The molecule has 0 saturated carbocycles. The van der Waals surface area contributed by atoms with Gasteiger partial charge in [-0.2, -0.15) is 0 Å². The number of hydrogen-bond donors (Lipinski definition) is 1. The summed E-state index contributed by atoms with van der Waals surface area (Å²) in [5, 5.41) is 12.2. The van der Waals surface area contributed by atoms with Crippen LogP contribution < -0.4 is 0 Å². The third kappa shape index (κ3) is 7.01. The predicted molar refractivity (Wildman–Crippen MR) is 234 cm³/mol. The lowest BCUT2D eigenvalue weighted by atomic mass is 9.82. The molecular weight excluding hydrogens is 685 g/mol. The lowest BCUT2D eigenvalue weighted by molar-refractivity contribution is 0.473. The Balaban J connectivity index is 1.33. The van der Waals surface area contributed by atoms with Crippen molar-refractivity contribution in [2.75, 3.05) is 0 Å². The second-order valence-electron chi connectivity index (χ2n) is 18.2. The van der Waals surface area contributed by atoms with Crippen molar-refractivity contribution in [1.82, 2.24) is 9.97 Å². The summed E-state index contributed by atoms with van der Waals surface area (Å²) < 4.78 is 6.55. The molecule has 8 aromatic rings. The maximum atomic E-state index is 11.1. The molecule has 4 nitrogen and oxygen atoms in total. The molecule has 4 heteroatoms. The first kappa shape index (κ1) is 36.9. The Bertz CT molecular complexity index is 2740. The Morgan fingerprint density at radius 3 is 1.71 bits per heavy atom. The van der Waals surface area contributed by atoms with Crippen LogP contribution in [0.5, 0.6) is 5.75 Å². The van der Waals surface area contributed by atoms with Gasteiger partial charge in [-0.25, -0.2) is 4.98 Å². The Kier molecular flexibility index (Phi) is 9.00. The van der Waals surface area contributed by atoms with Gasteiger partial charge >= 0.3 is 0 Å². The zero-order chi connectivity index (χ0) is 39.6. The van der Waals surface area contributed by atoms with Gasteiger partial charge in [0.1, 0.15) is 11.3 Å². The van der Waals surface area contributed by atoms with Gasteiger partial charge in [-0.1, -0.05) is 141 Å². The monoisotopic (exact) mass is 734 g/mol. The van der Waals surface area contributed by atoms with Crippen LogP contribution in [0, 0.1) is 0 Å². The zero-order valence-corrected chi connectivity index (χ0v) is 34.0. The third-order valence-electron chi connectivity index (χ3n) is 11.0. The normalized spacial score (nSPS) is 12.4. The van der Waals surface area contributed by atoms with Crippen molar-refractivity contribution in [3.05, 3.63) is 150 Å². The van der Waals surface area contributed by atoms with E-state index in [4.69, 9.17) is 14.4 Å². The highest BCUT2D eigenvalue weighted by Gasteiger charge is 2.23. The minimum absolute atomic E-state index is 0.0786. The van der Waals surface area contributed by atoms with Crippen LogP contribution in [-0.2, 0) is 16.2 Å². The number of pyridine rings is 1. The van der Waals surface area contributed by atoms with Crippen molar-refractivity contribution in [2.45, 2.75) is 78.6 Å². The van der Waals surface area contributed by atoms with Gasteiger partial charge in [-0.05, 0) is 115 Å². The number of aromatic nitrogens is 2. The topological polar surface area (TPSA) is 59.2 Å². The molecule has 0 spiro atoms. The van der Waals surface area contributed by atoms with E-state index in [1.807, 2.05) is 24.4 Å². The Hall–Kier alpha value is -6.00. The Morgan fingerprint density at radius 2 is 1.05 bits per heavy atom. The lowest BCUT2D eigenvalue weighted by Crippen LogP contribution is -2.11. The molecular formula is C52H50N2O2. The van der Waals surface area contributed by atoms with Gasteiger partial charge in [0.2, 0.25) is 5.89 Å². The first-order valence-corrected chi connectivity index (χ1v) is 19.5. The van der Waals surface area contributed by atoms with Crippen molar-refractivity contribution in [3.63, 3.8) is 0 Å². The number of phenols is 1. The van der Waals surface area contributed by atoms with Gasteiger partial charge < -0.3 is 9.52 Å². The Labute approximate surface area is 330 Å². The molecule has 0 saturated heterocycles. The maximum Gasteiger partial charge on any atom is 0.231 e. The number of hydrogen-bond acceptors (Lipinski definition) is 4. The molecule has 0 aliphatic carbocycles. The van der Waals surface area contributed by atoms with E-state index in [1.54, 1.807) is 6.07 Å². The van der Waals surface area contributed by atoms with E-state index in [0.29, 0.717) is 17.0 Å². The number of phenolic OH excluding ortho intramolecular Hbond substituents is 1. The number of aromatic hydroxyl groups is 1. The molecule has 2 aromatic heterocycles. The van der Waals surface area contributed by atoms with E-state index in [1.165, 1.54) is 22.3 Å². The van der Waals surface area contributed by atoms with E-state index in [2.05, 4.69) is 165 Å². The molecule has 6 aromatic carbocycles. The van der Waals surface area contributed by atoms with Crippen molar-refractivity contribution in [1.29, 1.82) is 0 Å². The van der Waals surface area contributed by atoms with Crippen LogP contribution in [0.1, 0.15) is 79.0 Å². The number of oxazole rings is 1. The lowest BCUT2D eigenvalue weighted by Gasteiger charge is -2.23. The zero-order valence-electron chi connectivity index (χ0n) is 34.0. The molecule has 0 aliphatic heterocycles. The second kappa shape index (κ2) is 13.6. The van der Waals surface area contributed by atoms with Crippen LogP contribution in [0.3, 0.4) is 0 Å². The predicted octanol–water partition coefficient (Wildman–Crippen LogP) is 14.3. The van der Waals surface area contributed by atoms with E-state index < -0.39 is 0 Å². The summed E-state index contributed by atoms with van der Waals surface area (Å²) in [6.45, 7) is 20.0. The summed E-state index contributed by atoms with van der Waals surface area (Å²) in [5.74, 6) is 0.529. The molecule has 0 bridgehead atoms.